The zero-order valence-corrected chi connectivity index (χ0v) is 9.54. The quantitative estimate of drug-likeness (QED) is 0.862. The number of hydrogen-bond donors (Lipinski definition) is 1. The second-order valence-electron chi connectivity index (χ2n) is 3.69. The van der Waals surface area contributed by atoms with Crippen molar-refractivity contribution < 1.29 is 0 Å². The van der Waals surface area contributed by atoms with Gasteiger partial charge in [0.05, 0.1) is 17.6 Å². The monoisotopic (exact) mass is 227 g/mol. The summed E-state index contributed by atoms with van der Waals surface area (Å²) >= 11 is 0. The van der Waals surface area contributed by atoms with Crippen molar-refractivity contribution in [1.29, 1.82) is 5.26 Å². The molecule has 0 aliphatic heterocycles. The Hall–Kier alpha value is -2.19. The average Bonchev–Trinajstić information content (AvgIpc) is 2.86. The van der Waals surface area contributed by atoms with Crippen LogP contribution in [-0.2, 0) is 0 Å². The molecule has 1 unspecified atom stereocenters. The third kappa shape index (κ3) is 2.17. The molecule has 0 saturated heterocycles. The zero-order valence-electron chi connectivity index (χ0n) is 9.54. The Labute approximate surface area is 99.5 Å². The van der Waals surface area contributed by atoms with Gasteiger partial charge in [-0.15, -0.1) is 0 Å². The second kappa shape index (κ2) is 4.76. The van der Waals surface area contributed by atoms with Crippen LogP contribution in [-0.4, -0.2) is 14.5 Å². The normalized spacial score (nSPS) is 12.1. The number of aromatic nitrogens is 3. The van der Waals surface area contributed by atoms with Gasteiger partial charge in [0.25, 0.3) is 0 Å². The summed E-state index contributed by atoms with van der Waals surface area (Å²) < 4.78 is 1.69. The van der Waals surface area contributed by atoms with E-state index < -0.39 is 0 Å². The van der Waals surface area contributed by atoms with Crippen LogP contribution in [0.15, 0.2) is 30.7 Å². The molecule has 0 aromatic carbocycles. The third-order valence-electron chi connectivity index (χ3n) is 2.61. The Morgan fingerprint density at radius 1 is 1.47 bits per heavy atom. The van der Waals surface area contributed by atoms with Crippen molar-refractivity contribution in [2.45, 2.75) is 19.4 Å². The maximum Gasteiger partial charge on any atom is 0.217 e. The molecule has 0 amide bonds. The van der Waals surface area contributed by atoms with E-state index in [0.29, 0.717) is 5.82 Å². The van der Waals surface area contributed by atoms with Gasteiger partial charge in [-0.2, -0.15) is 5.26 Å². The molecule has 2 aromatic rings. The molecular weight excluding hydrogens is 214 g/mol. The van der Waals surface area contributed by atoms with Crippen molar-refractivity contribution in [1.82, 2.24) is 14.5 Å². The first-order valence-electron chi connectivity index (χ1n) is 5.41. The highest BCUT2D eigenvalue weighted by Crippen LogP contribution is 2.14. The fourth-order valence-corrected chi connectivity index (χ4v) is 1.56. The van der Waals surface area contributed by atoms with Crippen LogP contribution in [0.3, 0.4) is 0 Å². The van der Waals surface area contributed by atoms with Gasteiger partial charge in [0.15, 0.2) is 0 Å². The molecule has 0 aliphatic carbocycles. The van der Waals surface area contributed by atoms with Gasteiger partial charge in [-0.25, -0.2) is 4.98 Å². The largest absolute Gasteiger partial charge is 0.323 e. The van der Waals surface area contributed by atoms with Crippen LogP contribution in [0.1, 0.15) is 30.9 Å². The minimum absolute atomic E-state index is 0.0396. The van der Waals surface area contributed by atoms with Gasteiger partial charge < -0.3 is 5.73 Å². The van der Waals surface area contributed by atoms with Crippen molar-refractivity contribution in [2.75, 3.05) is 0 Å². The number of imidazole rings is 1. The Kier molecular flexibility index (Phi) is 3.17. The summed E-state index contributed by atoms with van der Waals surface area (Å²) in [6.45, 7) is 2.02. The summed E-state index contributed by atoms with van der Waals surface area (Å²) in [5, 5.41) is 8.88. The van der Waals surface area contributed by atoms with Crippen molar-refractivity contribution in [3.63, 3.8) is 0 Å². The Balaban J connectivity index is 2.33. The Bertz CT molecular complexity index is 535. The van der Waals surface area contributed by atoms with Gasteiger partial charge in [0.2, 0.25) is 5.82 Å². The molecule has 0 fully saturated rings. The van der Waals surface area contributed by atoms with Crippen LogP contribution >= 0.6 is 0 Å². The highest BCUT2D eigenvalue weighted by Gasteiger charge is 2.07. The second-order valence-corrected chi connectivity index (χ2v) is 3.69. The van der Waals surface area contributed by atoms with Gasteiger partial charge in [0, 0.05) is 18.4 Å². The highest BCUT2D eigenvalue weighted by atomic mass is 15.1. The number of rotatable bonds is 3. The molecule has 2 aromatic heterocycles. The van der Waals surface area contributed by atoms with E-state index in [2.05, 4.69) is 9.97 Å². The molecule has 2 heterocycles. The number of nitriles is 1. The lowest BCUT2D eigenvalue weighted by Crippen LogP contribution is -2.10. The van der Waals surface area contributed by atoms with Gasteiger partial charge in [-0.3, -0.25) is 9.55 Å². The van der Waals surface area contributed by atoms with E-state index in [0.717, 1.165) is 17.8 Å². The SMILES string of the molecule is CCC(N)c1ccc(-n2ccnc2C#N)cn1. The van der Waals surface area contributed by atoms with Crippen LogP contribution < -0.4 is 5.73 Å². The van der Waals surface area contributed by atoms with Gasteiger partial charge in [0.1, 0.15) is 6.07 Å². The first-order valence-corrected chi connectivity index (χ1v) is 5.41. The molecule has 2 N–H and O–H groups in total. The molecular formula is C12H13N5. The zero-order chi connectivity index (χ0) is 12.3. The molecule has 86 valence electrons. The van der Waals surface area contributed by atoms with Crippen LogP contribution in [0.5, 0.6) is 0 Å². The van der Waals surface area contributed by atoms with E-state index >= 15 is 0 Å². The summed E-state index contributed by atoms with van der Waals surface area (Å²) in [6.07, 6.45) is 5.87. The summed E-state index contributed by atoms with van der Waals surface area (Å²) in [6, 6.07) is 5.75. The minimum Gasteiger partial charge on any atom is -0.323 e. The van der Waals surface area contributed by atoms with E-state index in [9.17, 15) is 0 Å². The molecule has 0 bridgehead atoms. The van der Waals surface area contributed by atoms with Crippen LogP contribution in [0, 0.1) is 11.3 Å². The smallest absolute Gasteiger partial charge is 0.217 e. The number of hydrogen-bond acceptors (Lipinski definition) is 4. The molecule has 1 atom stereocenters. The van der Waals surface area contributed by atoms with Gasteiger partial charge >= 0.3 is 0 Å². The topological polar surface area (TPSA) is 80.5 Å². The van der Waals surface area contributed by atoms with E-state index in [1.807, 2.05) is 25.1 Å². The van der Waals surface area contributed by atoms with Crippen molar-refractivity contribution in [3.8, 4) is 11.8 Å². The molecule has 17 heavy (non-hydrogen) atoms. The lowest BCUT2D eigenvalue weighted by molar-refractivity contribution is 0.675. The predicted octanol–water partition coefficient (Wildman–Crippen LogP) is 1.55. The fraction of sp³-hybridized carbons (Fsp3) is 0.250. The number of pyridine rings is 1. The first kappa shape index (κ1) is 11.3. The minimum atomic E-state index is -0.0396. The van der Waals surface area contributed by atoms with E-state index in [4.69, 9.17) is 11.0 Å². The summed E-state index contributed by atoms with van der Waals surface area (Å²) in [5.41, 5.74) is 7.55. The van der Waals surface area contributed by atoms with Gasteiger partial charge in [-0.1, -0.05) is 6.92 Å². The van der Waals surface area contributed by atoms with Crippen molar-refractivity contribution in [2.24, 2.45) is 5.73 Å². The third-order valence-corrected chi connectivity index (χ3v) is 2.61. The number of nitrogens with two attached hydrogens (primary N) is 1. The molecule has 0 radical (unpaired) electrons. The highest BCUT2D eigenvalue weighted by molar-refractivity contribution is 5.34. The average molecular weight is 227 g/mol. The Morgan fingerprint density at radius 2 is 2.29 bits per heavy atom. The van der Waals surface area contributed by atoms with Crippen LogP contribution in [0.25, 0.3) is 5.69 Å². The summed E-state index contributed by atoms with van der Waals surface area (Å²) in [4.78, 5) is 8.23. The molecule has 5 nitrogen and oxygen atoms in total. The predicted molar refractivity (Wildman–Crippen MR) is 63.3 cm³/mol. The first-order chi connectivity index (χ1) is 8.26. The molecule has 2 rings (SSSR count). The van der Waals surface area contributed by atoms with Crippen molar-refractivity contribution in [3.05, 3.63) is 42.2 Å². The summed E-state index contributed by atoms with van der Waals surface area (Å²) in [7, 11) is 0. The lowest BCUT2D eigenvalue weighted by Gasteiger charge is -2.09. The molecule has 5 heteroatoms. The van der Waals surface area contributed by atoms with Crippen LogP contribution in [0.4, 0.5) is 0 Å². The molecule has 0 aliphatic rings. The van der Waals surface area contributed by atoms with E-state index in [1.54, 1.807) is 23.2 Å². The lowest BCUT2D eigenvalue weighted by atomic mass is 10.1. The maximum atomic E-state index is 8.88. The van der Waals surface area contributed by atoms with E-state index in [1.165, 1.54) is 0 Å². The standard InChI is InChI=1S/C12H13N5/c1-2-10(14)11-4-3-9(8-16-11)17-6-5-15-12(17)7-13/h3-6,8,10H,2,14H2,1H3. The summed E-state index contributed by atoms with van der Waals surface area (Å²) in [5.74, 6) is 0.347. The molecule has 0 saturated carbocycles. The Morgan fingerprint density at radius 3 is 2.88 bits per heavy atom. The molecule has 0 spiro atoms. The van der Waals surface area contributed by atoms with Gasteiger partial charge in [-0.05, 0) is 18.6 Å². The number of nitrogens with zero attached hydrogens (tertiary/aromatic N) is 4. The maximum absolute atomic E-state index is 8.88. The van der Waals surface area contributed by atoms with Crippen LogP contribution in [0.2, 0.25) is 0 Å². The van der Waals surface area contributed by atoms with Crippen molar-refractivity contribution >= 4 is 0 Å². The fourth-order valence-electron chi connectivity index (χ4n) is 1.56. The van der Waals surface area contributed by atoms with E-state index in [-0.39, 0.29) is 6.04 Å².